The third-order valence-electron chi connectivity index (χ3n) is 3.33. The van der Waals surface area contributed by atoms with Crippen LogP contribution in [-0.2, 0) is 14.3 Å². The summed E-state index contributed by atoms with van der Waals surface area (Å²) in [7, 11) is 1.67. The summed E-state index contributed by atoms with van der Waals surface area (Å²) in [5.41, 5.74) is 0. The topological polar surface area (TPSA) is 61.9 Å². The number of hydrogen-bond acceptors (Lipinski definition) is 4. The van der Waals surface area contributed by atoms with Crippen molar-refractivity contribution >= 4 is 24.2 Å². The maximum atomic E-state index is 12.0. The van der Waals surface area contributed by atoms with Crippen molar-refractivity contribution in [3.8, 4) is 0 Å². The number of rotatable bonds is 6. The summed E-state index contributed by atoms with van der Waals surface area (Å²) in [5.74, 6) is -0.0304. The minimum Gasteiger partial charge on any atom is -0.378 e. The van der Waals surface area contributed by atoms with E-state index in [0.29, 0.717) is 32.7 Å². The summed E-state index contributed by atoms with van der Waals surface area (Å²) in [6, 6.07) is 0.0623. The zero-order valence-electron chi connectivity index (χ0n) is 12.6. The van der Waals surface area contributed by atoms with Crippen LogP contribution in [0.1, 0.15) is 20.3 Å². The molecule has 6 nitrogen and oxygen atoms in total. The predicted molar refractivity (Wildman–Crippen MR) is 80.0 cm³/mol. The molecule has 20 heavy (non-hydrogen) atoms. The number of carbonyl (C=O) groups is 2. The second kappa shape index (κ2) is 9.96. The number of nitrogens with zero attached hydrogens (tertiary/aromatic N) is 2. The van der Waals surface area contributed by atoms with Gasteiger partial charge < -0.3 is 19.9 Å². The quantitative estimate of drug-likeness (QED) is 0.757. The normalized spacial score (nSPS) is 18.1. The number of hydrogen-bond donors (Lipinski definition) is 1. The van der Waals surface area contributed by atoms with Crippen molar-refractivity contribution in [2.75, 3.05) is 46.4 Å². The van der Waals surface area contributed by atoms with Gasteiger partial charge in [0.25, 0.3) is 0 Å². The highest BCUT2D eigenvalue weighted by atomic mass is 35.5. The Balaban J connectivity index is 0.00000361. The molecular weight excluding hydrogens is 282 g/mol. The van der Waals surface area contributed by atoms with Gasteiger partial charge in [-0.05, 0) is 13.8 Å². The first-order valence-electron chi connectivity index (χ1n) is 6.91. The molecule has 1 N–H and O–H groups in total. The Kier molecular flexibility index (Phi) is 9.54. The molecule has 2 amide bonds. The van der Waals surface area contributed by atoms with Gasteiger partial charge >= 0.3 is 0 Å². The molecule has 1 unspecified atom stereocenters. The lowest BCUT2D eigenvalue weighted by Gasteiger charge is -2.27. The van der Waals surface area contributed by atoms with Crippen molar-refractivity contribution in [2.45, 2.75) is 26.3 Å². The summed E-state index contributed by atoms with van der Waals surface area (Å²) in [6.45, 7) is 7.41. The molecule has 1 atom stereocenters. The lowest BCUT2D eigenvalue weighted by atomic mass is 10.2. The lowest BCUT2D eigenvalue weighted by molar-refractivity contribution is -0.139. The van der Waals surface area contributed by atoms with Gasteiger partial charge in [-0.1, -0.05) is 0 Å². The van der Waals surface area contributed by atoms with Crippen LogP contribution in [0.25, 0.3) is 0 Å². The third kappa shape index (κ3) is 6.07. The molecule has 118 valence electrons. The molecule has 1 heterocycles. The largest absolute Gasteiger partial charge is 0.378 e. The number of likely N-dealkylation sites (N-methyl/N-ethyl adjacent to an activating group) is 2. The van der Waals surface area contributed by atoms with E-state index < -0.39 is 0 Å². The van der Waals surface area contributed by atoms with Crippen molar-refractivity contribution in [3.63, 3.8) is 0 Å². The summed E-state index contributed by atoms with van der Waals surface area (Å²) in [6.07, 6.45) is 0.377. The Morgan fingerprint density at radius 2 is 1.90 bits per heavy atom. The maximum absolute atomic E-state index is 12.0. The Morgan fingerprint density at radius 1 is 1.25 bits per heavy atom. The number of halogens is 1. The van der Waals surface area contributed by atoms with Crippen molar-refractivity contribution in [1.82, 2.24) is 15.1 Å². The molecule has 7 heteroatoms. The standard InChI is InChI=1S/C13H25N3O3.ClH/c1-4-16(5-2)13(18)9-15(3)12(17)8-11-10-19-7-6-14-11;/h11,14H,4-10H2,1-3H3;1H. The summed E-state index contributed by atoms with van der Waals surface area (Å²) >= 11 is 0. The number of carbonyl (C=O) groups excluding carboxylic acids is 2. The minimum absolute atomic E-state index is 0. The zero-order valence-corrected chi connectivity index (χ0v) is 13.4. The summed E-state index contributed by atoms with van der Waals surface area (Å²) < 4.78 is 5.31. The fraction of sp³-hybridized carbons (Fsp3) is 0.846. The van der Waals surface area contributed by atoms with Crippen molar-refractivity contribution < 1.29 is 14.3 Å². The average Bonchev–Trinajstić information content (AvgIpc) is 2.41. The van der Waals surface area contributed by atoms with E-state index in [-0.39, 0.29) is 36.8 Å². The first kappa shape index (κ1) is 19.1. The monoisotopic (exact) mass is 307 g/mol. The molecule has 0 spiro atoms. The fourth-order valence-corrected chi connectivity index (χ4v) is 2.08. The van der Waals surface area contributed by atoms with Crippen molar-refractivity contribution in [1.29, 1.82) is 0 Å². The first-order valence-corrected chi connectivity index (χ1v) is 6.91. The van der Waals surface area contributed by atoms with Gasteiger partial charge in [-0.15, -0.1) is 12.4 Å². The lowest BCUT2D eigenvalue weighted by Crippen LogP contribution is -2.46. The zero-order chi connectivity index (χ0) is 14.3. The van der Waals surface area contributed by atoms with Crippen LogP contribution >= 0.6 is 12.4 Å². The van der Waals surface area contributed by atoms with Gasteiger partial charge in [0.2, 0.25) is 11.8 Å². The van der Waals surface area contributed by atoms with E-state index in [4.69, 9.17) is 4.74 Å². The van der Waals surface area contributed by atoms with E-state index >= 15 is 0 Å². The molecule has 0 aromatic carbocycles. The minimum atomic E-state index is -0.0245. The molecular formula is C13H26ClN3O3. The van der Waals surface area contributed by atoms with E-state index in [1.54, 1.807) is 11.9 Å². The maximum Gasteiger partial charge on any atom is 0.242 e. The molecule has 1 fully saturated rings. The summed E-state index contributed by atoms with van der Waals surface area (Å²) in [5, 5.41) is 3.24. The molecule has 0 aromatic heterocycles. The van der Waals surface area contributed by atoms with Gasteiger partial charge in [-0.2, -0.15) is 0 Å². The van der Waals surface area contributed by atoms with Crippen LogP contribution in [0.2, 0.25) is 0 Å². The molecule has 0 saturated carbocycles. The van der Waals surface area contributed by atoms with Crippen LogP contribution < -0.4 is 5.32 Å². The second-order valence-electron chi connectivity index (χ2n) is 4.75. The van der Waals surface area contributed by atoms with Crippen molar-refractivity contribution in [3.05, 3.63) is 0 Å². The first-order chi connectivity index (χ1) is 9.08. The number of amides is 2. The Morgan fingerprint density at radius 3 is 2.40 bits per heavy atom. The summed E-state index contributed by atoms with van der Waals surface area (Å²) in [4.78, 5) is 27.1. The van der Waals surface area contributed by atoms with Gasteiger partial charge in [-0.25, -0.2) is 0 Å². The average molecular weight is 308 g/mol. The Hall–Kier alpha value is -0.850. The number of nitrogens with one attached hydrogen (secondary N) is 1. The molecule has 0 radical (unpaired) electrons. The van der Waals surface area contributed by atoms with Crippen LogP contribution in [0.4, 0.5) is 0 Å². The van der Waals surface area contributed by atoms with Gasteiger partial charge in [0.05, 0.1) is 19.8 Å². The van der Waals surface area contributed by atoms with E-state index in [1.807, 2.05) is 13.8 Å². The van der Waals surface area contributed by atoms with Crippen LogP contribution in [0.3, 0.4) is 0 Å². The van der Waals surface area contributed by atoms with Crippen LogP contribution in [0.5, 0.6) is 0 Å². The number of ether oxygens (including phenoxy) is 1. The van der Waals surface area contributed by atoms with Gasteiger partial charge in [0, 0.05) is 39.1 Å². The Labute approximate surface area is 127 Å². The third-order valence-corrected chi connectivity index (χ3v) is 3.33. The molecule has 1 aliphatic rings. The second-order valence-corrected chi connectivity index (χ2v) is 4.75. The highest BCUT2D eigenvalue weighted by molar-refractivity contribution is 5.85. The van der Waals surface area contributed by atoms with E-state index in [9.17, 15) is 9.59 Å². The van der Waals surface area contributed by atoms with E-state index in [2.05, 4.69) is 5.32 Å². The Bertz CT molecular complexity index is 305. The molecule has 1 saturated heterocycles. The molecule has 0 aromatic rings. The smallest absolute Gasteiger partial charge is 0.242 e. The van der Waals surface area contributed by atoms with Crippen molar-refractivity contribution in [2.24, 2.45) is 0 Å². The van der Waals surface area contributed by atoms with Crippen LogP contribution in [-0.4, -0.2) is 74.1 Å². The van der Waals surface area contributed by atoms with Gasteiger partial charge in [0.1, 0.15) is 0 Å². The molecule has 0 bridgehead atoms. The predicted octanol–water partition coefficient (Wildman–Crippen LogP) is 0.114. The van der Waals surface area contributed by atoms with E-state index in [1.165, 1.54) is 4.90 Å². The van der Waals surface area contributed by atoms with Gasteiger partial charge in [0.15, 0.2) is 0 Å². The van der Waals surface area contributed by atoms with E-state index in [0.717, 1.165) is 6.54 Å². The SMILES string of the molecule is CCN(CC)C(=O)CN(C)C(=O)CC1COCCN1.Cl. The van der Waals surface area contributed by atoms with Gasteiger partial charge in [-0.3, -0.25) is 9.59 Å². The highest BCUT2D eigenvalue weighted by Gasteiger charge is 2.21. The fourth-order valence-electron chi connectivity index (χ4n) is 2.08. The number of morpholine rings is 1. The molecule has 1 aliphatic heterocycles. The van der Waals surface area contributed by atoms with Crippen LogP contribution in [0.15, 0.2) is 0 Å². The molecule has 0 aliphatic carbocycles. The highest BCUT2D eigenvalue weighted by Crippen LogP contribution is 2.02. The van der Waals surface area contributed by atoms with Crippen LogP contribution in [0, 0.1) is 0 Å². The molecule has 1 rings (SSSR count).